The summed E-state index contributed by atoms with van der Waals surface area (Å²) in [6.07, 6.45) is 4.05. The van der Waals surface area contributed by atoms with Crippen molar-refractivity contribution >= 4 is 33.4 Å². The minimum Gasteiger partial charge on any atom is -0.394 e. The maximum atomic E-state index is 12.5. The average Bonchev–Trinajstić information content (AvgIpc) is 2.66. The standard InChI is InChI=1S/C14H17BrClNO2/c15-12-8-10(5-6-13(12)16)14(19)17-7-3-1-2-4-11(17)9-18/h5-6,8,11,18H,1-4,7,9H2. The van der Waals surface area contributed by atoms with Crippen molar-refractivity contribution in [3.8, 4) is 0 Å². The Kier molecular flexibility index (Phi) is 5.25. The molecule has 1 saturated heterocycles. The highest BCUT2D eigenvalue weighted by Crippen LogP contribution is 2.25. The van der Waals surface area contributed by atoms with Crippen LogP contribution in [-0.4, -0.2) is 35.1 Å². The molecule has 2 rings (SSSR count). The molecule has 19 heavy (non-hydrogen) atoms. The number of halogens is 2. The Morgan fingerprint density at radius 3 is 2.89 bits per heavy atom. The van der Waals surface area contributed by atoms with Crippen LogP contribution in [0.4, 0.5) is 0 Å². The van der Waals surface area contributed by atoms with Gasteiger partial charge in [-0.1, -0.05) is 24.4 Å². The van der Waals surface area contributed by atoms with Crippen LogP contribution in [0.1, 0.15) is 36.0 Å². The van der Waals surface area contributed by atoms with Gasteiger partial charge in [-0.15, -0.1) is 0 Å². The molecular formula is C14H17BrClNO2. The molecule has 0 aromatic heterocycles. The topological polar surface area (TPSA) is 40.5 Å². The molecule has 1 fully saturated rings. The van der Waals surface area contributed by atoms with E-state index in [4.69, 9.17) is 11.6 Å². The predicted octanol–water partition coefficient (Wildman–Crippen LogP) is 3.48. The van der Waals surface area contributed by atoms with Crippen molar-refractivity contribution in [3.63, 3.8) is 0 Å². The number of carbonyl (C=O) groups excluding carboxylic acids is 1. The lowest BCUT2D eigenvalue weighted by atomic mass is 10.1. The number of carbonyl (C=O) groups is 1. The molecule has 5 heteroatoms. The van der Waals surface area contributed by atoms with Gasteiger partial charge in [0.2, 0.25) is 0 Å². The molecule has 1 aliphatic heterocycles. The third-order valence-electron chi connectivity index (χ3n) is 3.52. The molecular weight excluding hydrogens is 330 g/mol. The second kappa shape index (κ2) is 6.73. The lowest BCUT2D eigenvalue weighted by Crippen LogP contribution is -2.42. The molecule has 1 atom stereocenters. The van der Waals surface area contributed by atoms with Crippen molar-refractivity contribution in [2.24, 2.45) is 0 Å². The summed E-state index contributed by atoms with van der Waals surface area (Å²) in [6, 6.07) is 5.12. The molecule has 1 unspecified atom stereocenters. The number of likely N-dealkylation sites (tertiary alicyclic amines) is 1. The van der Waals surface area contributed by atoms with Crippen molar-refractivity contribution in [2.75, 3.05) is 13.2 Å². The van der Waals surface area contributed by atoms with E-state index in [1.807, 2.05) is 0 Å². The van der Waals surface area contributed by atoms with Crippen LogP contribution in [0, 0.1) is 0 Å². The zero-order chi connectivity index (χ0) is 13.8. The highest BCUT2D eigenvalue weighted by Gasteiger charge is 2.25. The molecule has 3 nitrogen and oxygen atoms in total. The Balaban J connectivity index is 2.22. The molecule has 0 spiro atoms. The van der Waals surface area contributed by atoms with Crippen LogP contribution >= 0.6 is 27.5 Å². The van der Waals surface area contributed by atoms with Crippen LogP contribution in [0.25, 0.3) is 0 Å². The van der Waals surface area contributed by atoms with Gasteiger partial charge in [0.05, 0.1) is 17.7 Å². The zero-order valence-corrected chi connectivity index (χ0v) is 13.0. The summed E-state index contributed by atoms with van der Waals surface area (Å²) < 4.78 is 0.718. The second-order valence-electron chi connectivity index (χ2n) is 4.81. The molecule has 1 aromatic rings. The van der Waals surface area contributed by atoms with Gasteiger partial charge in [0.25, 0.3) is 5.91 Å². The Hall–Kier alpha value is -0.580. The monoisotopic (exact) mass is 345 g/mol. The highest BCUT2D eigenvalue weighted by atomic mass is 79.9. The molecule has 1 amide bonds. The largest absolute Gasteiger partial charge is 0.394 e. The third kappa shape index (κ3) is 3.50. The zero-order valence-electron chi connectivity index (χ0n) is 10.6. The van der Waals surface area contributed by atoms with Crippen LogP contribution in [0.3, 0.4) is 0 Å². The minimum absolute atomic E-state index is 0.0283. The SMILES string of the molecule is O=C(c1ccc(Cl)c(Br)c1)N1CCCCCC1CO. The number of hydrogen-bond acceptors (Lipinski definition) is 2. The van der Waals surface area contributed by atoms with Gasteiger partial charge in [-0.25, -0.2) is 0 Å². The van der Waals surface area contributed by atoms with Crippen LogP contribution in [0.5, 0.6) is 0 Å². The first-order valence-corrected chi connectivity index (χ1v) is 7.67. The minimum atomic E-state index is -0.0653. The average molecular weight is 347 g/mol. The summed E-state index contributed by atoms with van der Waals surface area (Å²) in [5, 5.41) is 10.0. The molecule has 0 radical (unpaired) electrons. The molecule has 104 valence electrons. The third-order valence-corrected chi connectivity index (χ3v) is 4.73. The van der Waals surface area contributed by atoms with Gasteiger partial charge in [-0.3, -0.25) is 4.79 Å². The molecule has 0 saturated carbocycles. The quantitative estimate of drug-likeness (QED) is 0.890. The predicted molar refractivity (Wildman–Crippen MR) is 79.5 cm³/mol. The lowest BCUT2D eigenvalue weighted by molar-refractivity contribution is 0.0600. The van der Waals surface area contributed by atoms with E-state index >= 15 is 0 Å². The van der Waals surface area contributed by atoms with Crippen molar-refractivity contribution < 1.29 is 9.90 Å². The molecule has 1 aromatic carbocycles. The van der Waals surface area contributed by atoms with Gasteiger partial charge >= 0.3 is 0 Å². The highest BCUT2D eigenvalue weighted by molar-refractivity contribution is 9.10. The number of nitrogens with zero attached hydrogens (tertiary/aromatic N) is 1. The van der Waals surface area contributed by atoms with E-state index in [-0.39, 0.29) is 18.6 Å². The van der Waals surface area contributed by atoms with Gasteiger partial charge in [0.1, 0.15) is 0 Å². The first-order chi connectivity index (χ1) is 9.13. The first-order valence-electron chi connectivity index (χ1n) is 6.50. The molecule has 0 aliphatic carbocycles. The molecule has 0 bridgehead atoms. The first kappa shape index (κ1) is 14.8. The maximum absolute atomic E-state index is 12.5. The summed E-state index contributed by atoms with van der Waals surface area (Å²) in [5.41, 5.74) is 0.608. The smallest absolute Gasteiger partial charge is 0.254 e. The second-order valence-corrected chi connectivity index (χ2v) is 6.07. The lowest BCUT2D eigenvalue weighted by Gasteiger charge is -2.28. The number of hydrogen-bond donors (Lipinski definition) is 1. The summed E-state index contributed by atoms with van der Waals surface area (Å²) in [5.74, 6) is -0.0293. The van der Waals surface area contributed by atoms with Crippen molar-refractivity contribution in [3.05, 3.63) is 33.3 Å². The van der Waals surface area contributed by atoms with E-state index in [0.29, 0.717) is 17.1 Å². The van der Waals surface area contributed by atoms with Gasteiger partial charge < -0.3 is 10.0 Å². The summed E-state index contributed by atoms with van der Waals surface area (Å²) in [6.45, 7) is 0.741. The van der Waals surface area contributed by atoms with Crippen LogP contribution in [-0.2, 0) is 0 Å². The van der Waals surface area contributed by atoms with Crippen LogP contribution < -0.4 is 0 Å². The van der Waals surface area contributed by atoms with Gasteiger partial charge in [-0.2, -0.15) is 0 Å². The number of amides is 1. The van der Waals surface area contributed by atoms with Crippen molar-refractivity contribution in [1.82, 2.24) is 4.90 Å². The molecule has 1 aliphatic rings. The summed E-state index contributed by atoms with van der Waals surface area (Å²) in [7, 11) is 0. The van der Waals surface area contributed by atoms with Gasteiger partial charge in [0, 0.05) is 16.6 Å². The number of rotatable bonds is 2. The molecule has 1 N–H and O–H groups in total. The van der Waals surface area contributed by atoms with E-state index in [1.54, 1.807) is 23.1 Å². The number of aliphatic hydroxyl groups excluding tert-OH is 1. The van der Waals surface area contributed by atoms with E-state index in [0.717, 1.165) is 30.2 Å². The summed E-state index contributed by atoms with van der Waals surface area (Å²) in [4.78, 5) is 14.3. The van der Waals surface area contributed by atoms with Gasteiger partial charge in [0.15, 0.2) is 0 Å². The van der Waals surface area contributed by atoms with Crippen LogP contribution in [0.2, 0.25) is 5.02 Å². The van der Waals surface area contributed by atoms with Crippen molar-refractivity contribution in [2.45, 2.75) is 31.7 Å². The normalized spacial score (nSPS) is 20.2. The maximum Gasteiger partial charge on any atom is 0.254 e. The van der Waals surface area contributed by atoms with Gasteiger partial charge in [-0.05, 0) is 47.0 Å². The number of aliphatic hydroxyl groups is 1. The summed E-state index contributed by atoms with van der Waals surface area (Å²) >= 11 is 9.28. The van der Waals surface area contributed by atoms with Crippen molar-refractivity contribution in [1.29, 1.82) is 0 Å². The van der Waals surface area contributed by atoms with E-state index in [1.165, 1.54) is 0 Å². The van der Waals surface area contributed by atoms with E-state index in [9.17, 15) is 9.90 Å². The van der Waals surface area contributed by atoms with E-state index < -0.39 is 0 Å². The fourth-order valence-electron chi connectivity index (χ4n) is 2.43. The Bertz CT molecular complexity index is 467. The fourth-order valence-corrected chi connectivity index (χ4v) is 2.93. The molecule has 1 heterocycles. The van der Waals surface area contributed by atoms with Crippen LogP contribution in [0.15, 0.2) is 22.7 Å². The Morgan fingerprint density at radius 2 is 2.21 bits per heavy atom. The van der Waals surface area contributed by atoms with E-state index in [2.05, 4.69) is 15.9 Å². The fraction of sp³-hybridized carbons (Fsp3) is 0.500. The Morgan fingerprint density at radius 1 is 1.42 bits per heavy atom. The Labute approximate surface area is 126 Å². The number of benzene rings is 1.